The third-order valence-electron chi connectivity index (χ3n) is 3.45. The fourth-order valence-corrected chi connectivity index (χ4v) is 3.37. The molecule has 18 heavy (non-hydrogen) atoms. The van der Waals surface area contributed by atoms with Crippen molar-refractivity contribution in [2.75, 3.05) is 0 Å². The molecule has 1 aliphatic rings. The Hall–Kier alpha value is -0.930. The summed E-state index contributed by atoms with van der Waals surface area (Å²) in [5.74, 6) is -1.03. The first-order valence-corrected chi connectivity index (χ1v) is 6.95. The van der Waals surface area contributed by atoms with E-state index in [0.29, 0.717) is 4.36 Å². The molecule has 1 fully saturated rings. The molecule has 96 valence electrons. The number of rotatable bonds is 4. The standard InChI is InChI=1S/C14H15ClO2S/c1-14(2)10(12(14)13(16)17)8-11(15)18-9-6-4-3-5-7-9/h3-8,10,12H,1-2H3,(H,16,17). The fourth-order valence-electron chi connectivity index (χ4n) is 2.24. The summed E-state index contributed by atoms with van der Waals surface area (Å²) in [6.07, 6.45) is 1.87. The Kier molecular flexibility index (Phi) is 3.74. The lowest BCUT2D eigenvalue weighted by atomic mass is 10.1. The highest BCUT2D eigenvalue weighted by Gasteiger charge is 2.61. The second kappa shape index (κ2) is 4.98. The van der Waals surface area contributed by atoms with Crippen LogP contribution in [-0.4, -0.2) is 11.1 Å². The van der Waals surface area contributed by atoms with Crippen LogP contribution >= 0.6 is 23.4 Å². The second-order valence-electron chi connectivity index (χ2n) is 5.05. The number of hydrogen-bond acceptors (Lipinski definition) is 2. The van der Waals surface area contributed by atoms with Crippen molar-refractivity contribution in [1.29, 1.82) is 0 Å². The average Bonchev–Trinajstić information content (AvgIpc) is 2.81. The van der Waals surface area contributed by atoms with Gasteiger partial charge in [-0.05, 0) is 23.5 Å². The summed E-state index contributed by atoms with van der Waals surface area (Å²) in [5.41, 5.74) is -0.191. The molecule has 2 unspecified atom stereocenters. The number of halogens is 1. The molecule has 0 amide bonds. The van der Waals surface area contributed by atoms with Gasteiger partial charge in [-0.2, -0.15) is 0 Å². The maximum atomic E-state index is 11.0. The van der Waals surface area contributed by atoms with Crippen molar-refractivity contribution in [3.05, 3.63) is 40.8 Å². The number of carboxylic acids is 1. The monoisotopic (exact) mass is 282 g/mol. The third-order valence-corrected chi connectivity index (χ3v) is 4.64. The highest BCUT2D eigenvalue weighted by molar-refractivity contribution is 8.04. The summed E-state index contributed by atoms with van der Waals surface area (Å²) in [7, 11) is 0. The number of aliphatic carboxylic acids is 1. The van der Waals surface area contributed by atoms with Crippen LogP contribution in [0.2, 0.25) is 0 Å². The molecule has 0 aliphatic heterocycles. The molecule has 4 heteroatoms. The Bertz CT molecular complexity index is 482. The van der Waals surface area contributed by atoms with Gasteiger partial charge in [0.2, 0.25) is 0 Å². The summed E-state index contributed by atoms with van der Waals surface area (Å²) < 4.78 is 0.642. The first-order chi connectivity index (χ1) is 8.43. The largest absolute Gasteiger partial charge is 0.481 e. The highest BCUT2D eigenvalue weighted by Crippen LogP contribution is 2.60. The lowest BCUT2D eigenvalue weighted by molar-refractivity contribution is -0.139. The van der Waals surface area contributed by atoms with Gasteiger partial charge < -0.3 is 5.11 Å². The van der Waals surface area contributed by atoms with Gasteiger partial charge in [0.1, 0.15) is 0 Å². The van der Waals surface area contributed by atoms with E-state index in [1.54, 1.807) is 0 Å². The van der Waals surface area contributed by atoms with Crippen LogP contribution in [0.25, 0.3) is 0 Å². The van der Waals surface area contributed by atoms with Crippen LogP contribution in [0.3, 0.4) is 0 Å². The normalized spacial score (nSPS) is 25.8. The van der Waals surface area contributed by atoms with E-state index < -0.39 is 5.97 Å². The Morgan fingerprint density at radius 2 is 2.00 bits per heavy atom. The van der Waals surface area contributed by atoms with Crippen LogP contribution < -0.4 is 0 Å². The van der Waals surface area contributed by atoms with Gasteiger partial charge in [-0.3, -0.25) is 4.79 Å². The summed E-state index contributed by atoms with van der Waals surface area (Å²) in [6, 6.07) is 9.81. The lowest BCUT2D eigenvalue weighted by Crippen LogP contribution is -2.02. The van der Waals surface area contributed by atoms with Gasteiger partial charge >= 0.3 is 5.97 Å². The molecule has 1 aliphatic carbocycles. The van der Waals surface area contributed by atoms with Gasteiger partial charge in [-0.25, -0.2) is 0 Å². The highest BCUT2D eigenvalue weighted by atomic mass is 35.5. The van der Waals surface area contributed by atoms with Crippen molar-refractivity contribution in [3.8, 4) is 0 Å². The quantitative estimate of drug-likeness (QED) is 0.840. The van der Waals surface area contributed by atoms with Crippen LogP contribution in [0.15, 0.2) is 45.7 Å². The van der Waals surface area contributed by atoms with Crippen molar-refractivity contribution >= 4 is 29.3 Å². The van der Waals surface area contributed by atoms with Gasteiger partial charge in [0.05, 0.1) is 10.3 Å². The summed E-state index contributed by atoms with van der Waals surface area (Å²) in [5, 5.41) is 9.08. The van der Waals surface area contributed by atoms with E-state index >= 15 is 0 Å². The molecule has 1 aromatic rings. The number of carbonyl (C=O) groups is 1. The lowest BCUT2D eigenvalue weighted by Gasteiger charge is -2.00. The molecular formula is C14H15ClO2S. The topological polar surface area (TPSA) is 37.3 Å². The molecule has 0 radical (unpaired) electrons. The van der Waals surface area contributed by atoms with E-state index in [9.17, 15) is 4.79 Å². The van der Waals surface area contributed by atoms with Crippen LogP contribution in [0.1, 0.15) is 13.8 Å². The zero-order valence-electron chi connectivity index (χ0n) is 10.3. The summed E-state index contributed by atoms with van der Waals surface area (Å²) in [4.78, 5) is 12.1. The summed E-state index contributed by atoms with van der Waals surface area (Å²) in [6.45, 7) is 3.93. The minimum Gasteiger partial charge on any atom is -0.481 e. The first kappa shape index (κ1) is 13.5. The van der Waals surface area contributed by atoms with Crippen molar-refractivity contribution in [1.82, 2.24) is 0 Å². The predicted molar refractivity (Wildman–Crippen MR) is 74.6 cm³/mol. The zero-order chi connectivity index (χ0) is 13.3. The predicted octanol–water partition coefficient (Wildman–Crippen LogP) is 4.22. The van der Waals surface area contributed by atoms with Crippen LogP contribution in [0.5, 0.6) is 0 Å². The van der Waals surface area contributed by atoms with E-state index in [-0.39, 0.29) is 17.3 Å². The van der Waals surface area contributed by atoms with Crippen LogP contribution in [0, 0.1) is 17.3 Å². The molecule has 2 rings (SSSR count). The smallest absolute Gasteiger partial charge is 0.307 e. The fraction of sp³-hybridized carbons (Fsp3) is 0.357. The summed E-state index contributed by atoms with van der Waals surface area (Å²) >= 11 is 7.64. The Morgan fingerprint density at radius 1 is 1.39 bits per heavy atom. The number of allylic oxidation sites excluding steroid dienone is 1. The molecule has 0 spiro atoms. The number of thioether (sulfide) groups is 1. The molecule has 1 saturated carbocycles. The van der Waals surface area contributed by atoms with E-state index in [1.165, 1.54) is 11.8 Å². The third kappa shape index (κ3) is 2.73. The van der Waals surface area contributed by atoms with Gasteiger partial charge in [0.15, 0.2) is 0 Å². The second-order valence-corrected chi connectivity index (χ2v) is 6.80. The van der Waals surface area contributed by atoms with E-state index in [0.717, 1.165) is 4.90 Å². The Labute approximate surface area is 116 Å². The minimum atomic E-state index is -0.740. The molecule has 0 aromatic heterocycles. The minimum absolute atomic E-state index is 0.0266. The zero-order valence-corrected chi connectivity index (χ0v) is 11.8. The van der Waals surface area contributed by atoms with E-state index in [2.05, 4.69) is 0 Å². The van der Waals surface area contributed by atoms with Gasteiger partial charge in [0, 0.05) is 4.90 Å². The molecule has 0 bridgehead atoms. The van der Waals surface area contributed by atoms with E-state index in [4.69, 9.17) is 16.7 Å². The van der Waals surface area contributed by atoms with Crippen LogP contribution in [-0.2, 0) is 4.79 Å². The maximum absolute atomic E-state index is 11.0. The number of hydrogen-bond donors (Lipinski definition) is 1. The van der Waals surface area contributed by atoms with Crippen molar-refractivity contribution < 1.29 is 9.90 Å². The average molecular weight is 283 g/mol. The number of benzene rings is 1. The first-order valence-electron chi connectivity index (χ1n) is 5.76. The van der Waals surface area contributed by atoms with Crippen molar-refractivity contribution in [2.45, 2.75) is 18.7 Å². The van der Waals surface area contributed by atoms with E-state index in [1.807, 2.05) is 50.3 Å². The molecule has 1 aromatic carbocycles. The molecule has 0 heterocycles. The number of carboxylic acid groups (broad SMARTS) is 1. The maximum Gasteiger partial charge on any atom is 0.307 e. The Morgan fingerprint density at radius 3 is 2.50 bits per heavy atom. The molecule has 0 saturated heterocycles. The van der Waals surface area contributed by atoms with Crippen molar-refractivity contribution in [2.24, 2.45) is 17.3 Å². The molecule has 2 nitrogen and oxygen atoms in total. The Balaban J connectivity index is 2.05. The molecule has 2 atom stereocenters. The van der Waals surface area contributed by atoms with Gasteiger partial charge in [-0.15, -0.1) is 0 Å². The van der Waals surface area contributed by atoms with Gasteiger partial charge in [-0.1, -0.05) is 61.5 Å². The molecule has 1 N–H and O–H groups in total. The van der Waals surface area contributed by atoms with Crippen LogP contribution in [0.4, 0.5) is 0 Å². The SMILES string of the molecule is CC1(C)C(C=C(Cl)Sc2ccccc2)C1C(=O)O. The van der Waals surface area contributed by atoms with Gasteiger partial charge in [0.25, 0.3) is 0 Å². The molecular weight excluding hydrogens is 268 g/mol. The van der Waals surface area contributed by atoms with Crippen molar-refractivity contribution in [3.63, 3.8) is 0 Å².